The molecule has 0 N–H and O–H groups in total. The standard InChI is InChI=1S/C25H27N3O2/c1-18(21-17-30-25-20(21)8-4-10-23(25)29-2)16-27-12-14-28(15-13-27)22-9-3-6-19-7-5-11-26-24(19)22/h3-11,17-18H,12-16H2,1-2H3. The van der Waals surface area contributed by atoms with Gasteiger partial charge in [0.15, 0.2) is 11.3 Å². The van der Waals surface area contributed by atoms with Gasteiger partial charge in [0, 0.05) is 55.3 Å². The molecule has 30 heavy (non-hydrogen) atoms. The zero-order valence-corrected chi connectivity index (χ0v) is 17.5. The molecule has 0 saturated carbocycles. The average molecular weight is 402 g/mol. The lowest BCUT2D eigenvalue weighted by Gasteiger charge is -2.37. The molecule has 1 atom stereocenters. The normalized spacial score (nSPS) is 16.3. The fraction of sp³-hybridized carbons (Fsp3) is 0.320. The van der Waals surface area contributed by atoms with Crippen molar-refractivity contribution in [1.29, 1.82) is 0 Å². The first-order chi connectivity index (χ1) is 14.7. The number of pyridine rings is 1. The second-order valence-electron chi connectivity index (χ2n) is 8.07. The molecule has 1 aliphatic rings. The van der Waals surface area contributed by atoms with Crippen molar-refractivity contribution in [3.8, 4) is 5.75 Å². The van der Waals surface area contributed by atoms with Gasteiger partial charge < -0.3 is 14.1 Å². The summed E-state index contributed by atoms with van der Waals surface area (Å²) >= 11 is 0. The van der Waals surface area contributed by atoms with Crippen molar-refractivity contribution in [2.75, 3.05) is 44.7 Å². The monoisotopic (exact) mass is 401 g/mol. The molecule has 0 amide bonds. The van der Waals surface area contributed by atoms with Crippen LogP contribution in [0.1, 0.15) is 18.4 Å². The van der Waals surface area contributed by atoms with E-state index < -0.39 is 0 Å². The lowest BCUT2D eigenvalue weighted by molar-refractivity contribution is 0.246. The highest BCUT2D eigenvalue weighted by Crippen LogP contribution is 2.34. The second kappa shape index (κ2) is 8.00. The Morgan fingerprint density at radius 3 is 2.67 bits per heavy atom. The van der Waals surface area contributed by atoms with Crippen LogP contribution >= 0.6 is 0 Å². The quantitative estimate of drug-likeness (QED) is 0.475. The van der Waals surface area contributed by atoms with Gasteiger partial charge in [0.05, 0.1) is 24.6 Å². The molecule has 2 aromatic heterocycles. The van der Waals surface area contributed by atoms with Crippen molar-refractivity contribution >= 4 is 27.6 Å². The van der Waals surface area contributed by atoms with E-state index in [1.807, 2.05) is 30.7 Å². The second-order valence-corrected chi connectivity index (χ2v) is 8.07. The molecule has 1 aliphatic heterocycles. The number of hydrogen-bond acceptors (Lipinski definition) is 5. The predicted octanol–water partition coefficient (Wildman–Crippen LogP) is 4.92. The highest BCUT2D eigenvalue weighted by molar-refractivity contribution is 5.90. The van der Waals surface area contributed by atoms with Gasteiger partial charge >= 0.3 is 0 Å². The van der Waals surface area contributed by atoms with Crippen LogP contribution in [-0.4, -0.2) is 49.7 Å². The average Bonchev–Trinajstić information content (AvgIpc) is 3.24. The molecule has 0 aliphatic carbocycles. The number of hydrogen-bond donors (Lipinski definition) is 0. The Labute approximate surface area is 176 Å². The number of furan rings is 1. The first-order valence-electron chi connectivity index (χ1n) is 10.6. The van der Waals surface area contributed by atoms with Gasteiger partial charge in [0.25, 0.3) is 0 Å². The summed E-state index contributed by atoms with van der Waals surface area (Å²) < 4.78 is 11.3. The van der Waals surface area contributed by atoms with Crippen LogP contribution in [0.2, 0.25) is 0 Å². The van der Waals surface area contributed by atoms with E-state index >= 15 is 0 Å². The Morgan fingerprint density at radius 2 is 1.83 bits per heavy atom. The number of ether oxygens (including phenoxy) is 1. The molecule has 5 rings (SSSR count). The van der Waals surface area contributed by atoms with Gasteiger partial charge in [-0.25, -0.2) is 0 Å². The first kappa shape index (κ1) is 18.9. The number of aromatic nitrogens is 1. The van der Waals surface area contributed by atoms with E-state index in [9.17, 15) is 0 Å². The highest BCUT2D eigenvalue weighted by atomic mass is 16.5. The van der Waals surface area contributed by atoms with E-state index in [0.29, 0.717) is 5.92 Å². The molecule has 0 spiro atoms. The Balaban J connectivity index is 1.27. The van der Waals surface area contributed by atoms with E-state index in [-0.39, 0.29) is 0 Å². The van der Waals surface area contributed by atoms with E-state index in [2.05, 4.69) is 52.0 Å². The third kappa shape index (κ3) is 3.39. The summed E-state index contributed by atoms with van der Waals surface area (Å²) in [5.74, 6) is 1.19. The number of para-hydroxylation sites is 2. The SMILES string of the molecule is COc1cccc2c(C(C)CN3CCN(c4cccc5cccnc45)CC3)coc12. The van der Waals surface area contributed by atoms with Crippen LogP contribution in [0.3, 0.4) is 0 Å². The molecule has 0 radical (unpaired) electrons. The summed E-state index contributed by atoms with van der Waals surface area (Å²) in [5, 5.41) is 2.36. The van der Waals surface area contributed by atoms with Gasteiger partial charge in [0.2, 0.25) is 0 Å². The number of rotatable bonds is 5. The Bertz CT molecular complexity index is 1160. The Hall–Kier alpha value is -3.05. The van der Waals surface area contributed by atoms with E-state index in [0.717, 1.165) is 55.0 Å². The molecule has 5 nitrogen and oxygen atoms in total. The Morgan fingerprint density at radius 1 is 1.03 bits per heavy atom. The van der Waals surface area contributed by atoms with Gasteiger partial charge in [-0.15, -0.1) is 0 Å². The highest BCUT2D eigenvalue weighted by Gasteiger charge is 2.22. The van der Waals surface area contributed by atoms with Crippen LogP contribution < -0.4 is 9.64 Å². The molecule has 154 valence electrons. The van der Waals surface area contributed by atoms with Crippen molar-refractivity contribution in [2.24, 2.45) is 0 Å². The lowest BCUT2D eigenvalue weighted by Crippen LogP contribution is -2.47. The molecular weight excluding hydrogens is 374 g/mol. The Kier molecular flexibility index (Phi) is 5.05. The van der Waals surface area contributed by atoms with Crippen LogP contribution in [0.5, 0.6) is 5.75 Å². The maximum Gasteiger partial charge on any atom is 0.175 e. The smallest absolute Gasteiger partial charge is 0.175 e. The minimum atomic E-state index is 0.393. The van der Waals surface area contributed by atoms with Crippen molar-refractivity contribution < 1.29 is 9.15 Å². The molecule has 5 heteroatoms. The third-order valence-corrected chi connectivity index (χ3v) is 6.20. The largest absolute Gasteiger partial charge is 0.493 e. The van der Waals surface area contributed by atoms with Crippen LogP contribution in [0, 0.1) is 0 Å². The van der Waals surface area contributed by atoms with Crippen LogP contribution in [-0.2, 0) is 0 Å². The fourth-order valence-electron chi connectivity index (χ4n) is 4.59. The summed E-state index contributed by atoms with van der Waals surface area (Å²) in [6.45, 7) is 7.43. The number of methoxy groups -OCH3 is 1. The van der Waals surface area contributed by atoms with E-state index in [1.54, 1.807) is 7.11 Å². The van der Waals surface area contributed by atoms with Gasteiger partial charge in [-0.05, 0) is 24.1 Å². The zero-order valence-electron chi connectivity index (χ0n) is 17.5. The minimum absolute atomic E-state index is 0.393. The summed E-state index contributed by atoms with van der Waals surface area (Å²) in [5.41, 5.74) is 4.44. The first-order valence-corrected chi connectivity index (χ1v) is 10.6. The van der Waals surface area contributed by atoms with Crippen LogP contribution in [0.15, 0.2) is 65.4 Å². The maximum absolute atomic E-state index is 5.84. The molecule has 0 bridgehead atoms. The minimum Gasteiger partial charge on any atom is -0.493 e. The van der Waals surface area contributed by atoms with Crippen molar-refractivity contribution in [3.63, 3.8) is 0 Å². The molecule has 1 fully saturated rings. The third-order valence-electron chi connectivity index (χ3n) is 6.20. The van der Waals surface area contributed by atoms with Gasteiger partial charge in [-0.1, -0.05) is 37.3 Å². The summed E-state index contributed by atoms with van der Waals surface area (Å²) in [4.78, 5) is 9.65. The lowest BCUT2D eigenvalue weighted by atomic mass is 9.99. The number of nitrogens with zero attached hydrogens (tertiary/aromatic N) is 3. The number of fused-ring (bicyclic) bond motifs is 2. The van der Waals surface area contributed by atoms with Gasteiger partial charge in [-0.3, -0.25) is 9.88 Å². The predicted molar refractivity (Wildman–Crippen MR) is 122 cm³/mol. The van der Waals surface area contributed by atoms with Crippen molar-refractivity contribution in [3.05, 3.63) is 66.6 Å². The number of benzene rings is 2. The molecule has 4 aromatic rings. The summed E-state index contributed by atoms with van der Waals surface area (Å²) in [7, 11) is 1.69. The van der Waals surface area contributed by atoms with Gasteiger partial charge in [-0.2, -0.15) is 0 Å². The summed E-state index contributed by atoms with van der Waals surface area (Å²) in [6, 6.07) is 16.7. The van der Waals surface area contributed by atoms with Gasteiger partial charge in [0.1, 0.15) is 0 Å². The van der Waals surface area contributed by atoms with Crippen molar-refractivity contribution in [2.45, 2.75) is 12.8 Å². The molecule has 3 heterocycles. The van der Waals surface area contributed by atoms with E-state index in [4.69, 9.17) is 9.15 Å². The molecule has 1 unspecified atom stereocenters. The fourth-order valence-corrected chi connectivity index (χ4v) is 4.59. The molecular formula is C25H27N3O2. The number of piperazine rings is 1. The molecule has 2 aromatic carbocycles. The number of anilines is 1. The maximum atomic E-state index is 5.84. The van der Waals surface area contributed by atoms with E-state index in [1.165, 1.54) is 16.6 Å². The van der Waals surface area contributed by atoms with Crippen LogP contribution in [0.25, 0.3) is 21.9 Å². The topological polar surface area (TPSA) is 41.7 Å². The van der Waals surface area contributed by atoms with Crippen molar-refractivity contribution in [1.82, 2.24) is 9.88 Å². The summed E-state index contributed by atoms with van der Waals surface area (Å²) in [6.07, 6.45) is 3.78. The zero-order chi connectivity index (χ0) is 20.5. The molecule has 1 saturated heterocycles. The van der Waals surface area contributed by atoms with Crippen LogP contribution in [0.4, 0.5) is 5.69 Å².